The highest BCUT2D eigenvalue weighted by molar-refractivity contribution is 7.80. The van der Waals surface area contributed by atoms with Crippen LogP contribution in [0.15, 0.2) is 48.7 Å². The number of rotatable bonds is 4. The summed E-state index contributed by atoms with van der Waals surface area (Å²) in [6, 6.07) is 13.8. The molecule has 0 bridgehead atoms. The van der Waals surface area contributed by atoms with Gasteiger partial charge in [-0.2, -0.15) is 0 Å². The number of nitrogens with one attached hydrogen (secondary N) is 1. The van der Waals surface area contributed by atoms with E-state index in [2.05, 4.69) is 47.4 Å². The summed E-state index contributed by atoms with van der Waals surface area (Å²) >= 11 is 11.6. The van der Waals surface area contributed by atoms with E-state index in [0.29, 0.717) is 22.4 Å². The van der Waals surface area contributed by atoms with Crippen molar-refractivity contribution < 1.29 is 4.74 Å². The molecule has 0 spiro atoms. The lowest BCUT2D eigenvalue weighted by Gasteiger charge is -2.22. The van der Waals surface area contributed by atoms with E-state index in [1.165, 1.54) is 16.5 Å². The van der Waals surface area contributed by atoms with E-state index < -0.39 is 0 Å². The molecule has 0 amide bonds. The van der Waals surface area contributed by atoms with E-state index in [1.807, 2.05) is 18.0 Å². The summed E-state index contributed by atoms with van der Waals surface area (Å²) in [6.45, 7) is 0.711. The first-order valence-corrected chi connectivity index (χ1v) is 8.67. The molecular weight excluding hydrogens is 354 g/mol. The van der Waals surface area contributed by atoms with Gasteiger partial charge in [0.2, 0.25) is 0 Å². The fourth-order valence-corrected chi connectivity index (χ4v) is 3.19. The van der Waals surface area contributed by atoms with Crippen molar-refractivity contribution in [1.82, 2.24) is 9.47 Å². The minimum atomic E-state index is 0.619. The van der Waals surface area contributed by atoms with Gasteiger partial charge in [0.25, 0.3) is 0 Å². The van der Waals surface area contributed by atoms with Crippen LogP contribution in [-0.2, 0) is 13.6 Å². The number of ether oxygens (including phenoxy) is 1. The molecule has 0 aliphatic heterocycles. The van der Waals surface area contributed by atoms with Crippen molar-refractivity contribution in [3.05, 3.63) is 59.2 Å². The van der Waals surface area contributed by atoms with Crippen LogP contribution in [0.2, 0.25) is 5.02 Å². The highest BCUT2D eigenvalue weighted by Gasteiger charge is 2.12. The number of anilines is 1. The number of aromatic nitrogens is 1. The lowest BCUT2D eigenvalue weighted by molar-refractivity contribution is 0.416. The van der Waals surface area contributed by atoms with Gasteiger partial charge in [0, 0.05) is 48.8 Å². The molecular formula is C19H20ClN3OS. The Hall–Kier alpha value is -2.24. The topological polar surface area (TPSA) is 29.4 Å². The van der Waals surface area contributed by atoms with Gasteiger partial charge in [-0.25, -0.2) is 0 Å². The van der Waals surface area contributed by atoms with Crippen molar-refractivity contribution in [3.8, 4) is 5.75 Å². The number of aryl methyl sites for hydroxylation is 1. The fraction of sp³-hybridized carbons (Fsp3) is 0.211. The minimum absolute atomic E-state index is 0.619. The fourth-order valence-electron chi connectivity index (χ4n) is 2.86. The van der Waals surface area contributed by atoms with E-state index in [9.17, 15) is 0 Å². The van der Waals surface area contributed by atoms with Gasteiger partial charge in [0.05, 0.1) is 12.8 Å². The summed E-state index contributed by atoms with van der Waals surface area (Å²) in [5, 5.41) is 5.71. The zero-order chi connectivity index (χ0) is 18.0. The predicted molar refractivity (Wildman–Crippen MR) is 109 cm³/mol. The van der Waals surface area contributed by atoms with Gasteiger partial charge >= 0.3 is 0 Å². The van der Waals surface area contributed by atoms with Crippen LogP contribution in [-0.4, -0.2) is 28.7 Å². The van der Waals surface area contributed by atoms with Gasteiger partial charge in [-0.1, -0.05) is 29.8 Å². The molecule has 1 aromatic heterocycles. The van der Waals surface area contributed by atoms with Crippen LogP contribution in [0.5, 0.6) is 5.75 Å². The molecule has 0 aliphatic carbocycles. The van der Waals surface area contributed by atoms with Crippen molar-refractivity contribution in [2.45, 2.75) is 6.54 Å². The molecule has 0 radical (unpaired) electrons. The van der Waals surface area contributed by atoms with Crippen molar-refractivity contribution in [2.75, 3.05) is 19.5 Å². The third kappa shape index (κ3) is 3.72. The molecule has 1 heterocycles. The lowest BCUT2D eigenvalue weighted by Crippen LogP contribution is -2.30. The highest BCUT2D eigenvalue weighted by atomic mass is 35.5. The van der Waals surface area contributed by atoms with E-state index in [0.717, 1.165) is 5.69 Å². The number of hydrogen-bond acceptors (Lipinski definition) is 2. The van der Waals surface area contributed by atoms with Crippen molar-refractivity contribution in [3.63, 3.8) is 0 Å². The SMILES string of the molecule is COc1cc(Cl)ccc1NC(=S)N(C)Cc1cn(C)c2ccccc12. The van der Waals surface area contributed by atoms with E-state index in [-0.39, 0.29) is 0 Å². The number of methoxy groups -OCH3 is 1. The van der Waals surface area contributed by atoms with Gasteiger partial charge < -0.3 is 19.5 Å². The third-order valence-corrected chi connectivity index (χ3v) is 4.79. The maximum Gasteiger partial charge on any atom is 0.173 e. The Balaban J connectivity index is 1.77. The molecule has 0 saturated heterocycles. The van der Waals surface area contributed by atoms with Gasteiger partial charge in [0.15, 0.2) is 5.11 Å². The monoisotopic (exact) mass is 373 g/mol. The van der Waals surface area contributed by atoms with Gasteiger partial charge in [-0.3, -0.25) is 0 Å². The zero-order valence-corrected chi connectivity index (χ0v) is 16.0. The van der Waals surface area contributed by atoms with Crippen LogP contribution < -0.4 is 10.1 Å². The second kappa shape index (κ2) is 7.33. The van der Waals surface area contributed by atoms with E-state index in [1.54, 1.807) is 19.2 Å². The smallest absolute Gasteiger partial charge is 0.173 e. The molecule has 1 N–H and O–H groups in total. The van der Waals surface area contributed by atoms with Crippen LogP contribution >= 0.6 is 23.8 Å². The normalized spacial score (nSPS) is 10.7. The van der Waals surface area contributed by atoms with Crippen molar-refractivity contribution >= 4 is 45.5 Å². The second-order valence-corrected chi connectivity index (χ2v) is 6.74. The number of para-hydroxylation sites is 1. The minimum Gasteiger partial charge on any atom is -0.495 e. The number of fused-ring (bicyclic) bond motifs is 1. The first-order valence-electron chi connectivity index (χ1n) is 7.88. The van der Waals surface area contributed by atoms with Gasteiger partial charge in [0.1, 0.15) is 5.75 Å². The first kappa shape index (κ1) is 17.6. The molecule has 0 aliphatic rings. The predicted octanol–water partition coefficient (Wildman–Crippen LogP) is 4.67. The highest BCUT2D eigenvalue weighted by Crippen LogP contribution is 2.28. The number of nitrogens with zero attached hydrogens (tertiary/aromatic N) is 2. The number of hydrogen-bond donors (Lipinski definition) is 1. The third-order valence-electron chi connectivity index (χ3n) is 4.14. The quantitative estimate of drug-likeness (QED) is 0.673. The number of benzene rings is 2. The number of thiocarbonyl (C=S) groups is 1. The summed E-state index contributed by atoms with van der Waals surface area (Å²) in [5.41, 5.74) is 3.23. The number of halogens is 1. The Morgan fingerprint density at radius 1 is 1.28 bits per heavy atom. The maximum absolute atomic E-state index is 6.01. The molecule has 0 atom stereocenters. The lowest BCUT2D eigenvalue weighted by atomic mass is 10.2. The Kier molecular flexibility index (Phi) is 5.16. The molecule has 0 unspecified atom stereocenters. The molecule has 0 saturated carbocycles. The molecule has 3 aromatic rings. The standard InChI is InChI=1S/C19H20ClN3OS/c1-22-11-13(15-6-4-5-7-17(15)22)12-23(2)19(25)21-16-9-8-14(20)10-18(16)24-3/h4-11H,12H2,1-3H3,(H,21,25). The summed E-state index contributed by atoms with van der Waals surface area (Å²) in [6.07, 6.45) is 2.15. The van der Waals surface area contributed by atoms with Crippen molar-refractivity contribution in [1.29, 1.82) is 0 Å². The first-order chi connectivity index (χ1) is 12.0. The van der Waals surface area contributed by atoms with Crippen LogP contribution in [0.25, 0.3) is 10.9 Å². The second-order valence-electron chi connectivity index (χ2n) is 5.91. The average molecular weight is 374 g/mol. The average Bonchev–Trinajstić information content (AvgIpc) is 2.92. The summed E-state index contributed by atoms with van der Waals surface area (Å²) in [5.74, 6) is 0.661. The van der Waals surface area contributed by atoms with Crippen LogP contribution in [0.3, 0.4) is 0 Å². The summed E-state index contributed by atoms with van der Waals surface area (Å²) < 4.78 is 7.49. The summed E-state index contributed by atoms with van der Waals surface area (Å²) in [7, 11) is 5.64. The molecule has 130 valence electrons. The molecule has 25 heavy (non-hydrogen) atoms. The Bertz CT molecular complexity index is 922. The van der Waals surface area contributed by atoms with Crippen LogP contribution in [0.4, 0.5) is 5.69 Å². The van der Waals surface area contributed by atoms with Gasteiger partial charge in [-0.15, -0.1) is 0 Å². The molecule has 4 nitrogen and oxygen atoms in total. The summed E-state index contributed by atoms with van der Waals surface area (Å²) in [4.78, 5) is 2.01. The van der Waals surface area contributed by atoms with Gasteiger partial charge in [-0.05, 0) is 36.0 Å². The molecule has 0 fully saturated rings. The Labute approximate surface area is 157 Å². The molecule has 2 aromatic carbocycles. The maximum atomic E-state index is 6.01. The largest absolute Gasteiger partial charge is 0.495 e. The molecule has 6 heteroatoms. The zero-order valence-electron chi connectivity index (χ0n) is 14.4. The van der Waals surface area contributed by atoms with Crippen molar-refractivity contribution in [2.24, 2.45) is 7.05 Å². The van der Waals surface area contributed by atoms with E-state index in [4.69, 9.17) is 28.6 Å². The van der Waals surface area contributed by atoms with E-state index >= 15 is 0 Å². The van der Waals surface area contributed by atoms with Crippen LogP contribution in [0.1, 0.15) is 5.56 Å². The van der Waals surface area contributed by atoms with Crippen LogP contribution in [0, 0.1) is 0 Å². The Morgan fingerprint density at radius 2 is 2.04 bits per heavy atom. The molecule has 3 rings (SSSR count). The Morgan fingerprint density at radius 3 is 2.80 bits per heavy atom.